The molecular formula is C14H22N2O3. The van der Waals surface area contributed by atoms with E-state index in [2.05, 4.69) is 12.2 Å². The van der Waals surface area contributed by atoms with Crippen molar-refractivity contribution in [3.8, 4) is 11.5 Å². The summed E-state index contributed by atoms with van der Waals surface area (Å²) in [6, 6.07) is 3.42. The van der Waals surface area contributed by atoms with Crippen LogP contribution in [-0.4, -0.2) is 26.7 Å². The first kappa shape index (κ1) is 15.1. The van der Waals surface area contributed by atoms with Crippen molar-refractivity contribution in [3.63, 3.8) is 0 Å². The van der Waals surface area contributed by atoms with Crippen LogP contribution in [0.4, 0.5) is 5.69 Å². The van der Waals surface area contributed by atoms with Gasteiger partial charge in [0.2, 0.25) is 5.91 Å². The van der Waals surface area contributed by atoms with Crippen LogP contribution in [0.1, 0.15) is 25.3 Å². The predicted octanol–water partition coefficient (Wildman–Crippen LogP) is 1.74. The lowest BCUT2D eigenvalue weighted by Crippen LogP contribution is -2.26. The summed E-state index contributed by atoms with van der Waals surface area (Å²) in [7, 11) is 3.10. The van der Waals surface area contributed by atoms with E-state index >= 15 is 0 Å². The Hall–Kier alpha value is -1.91. The number of nitrogens with one attached hydrogen (secondary N) is 1. The Kier molecular flexibility index (Phi) is 5.99. The summed E-state index contributed by atoms with van der Waals surface area (Å²) in [5, 5.41) is 2.86. The second-order valence-corrected chi connectivity index (χ2v) is 4.29. The fraction of sp³-hybridized carbons (Fsp3) is 0.500. The molecule has 0 atom stereocenters. The fourth-order valence-corrected chi connectivity index (χ4v) is 1.73. The Morgan fingerprint density at radius 2 is 1.89 bits per heavy atom. The quantitative estimate of drug-likeness (QED) is 0.582. The van der Waals surface area contributed by atoms with E-state index in [0.29, 0.717) is 23.7 Å². The molecule has 106 valence electrons. The molecule has 0 aromatic heterocycles. The van der Waals surface area contributed by atoms with E-state index < -0.39 is 0 Å². The van der Waals surface area contributed by atoms with Gasteiger partial charge in [0.15, 0.2) is 11.5 Å². The van der Waals surface area contributed by atoms with Crippen LogP contribution in [0.5, 0.6) is 11.5 Å². The Morgan fingerprint density at radius 1 is 1.26 bits per heavy atom. The second kappa shape index (κ2) is 7.51. The third-order valence-corrected chi connectivity index (χ3v) is 2.85. The van der Waals surface area contributed by atoms with Gasteiger partial charge in [-0.2, -0.15) is 0 Å². The summed E-state index contributed by atoms with van der Waals surface area (Å²) < 4.78 is 10.4. The Bertz CT molecular complexity index is 433. The van der Waals surface area contributed by atoms with Gasteiger partial charge < -0.3 is 20.5 Å². The van der Waals surface area contributed by atoms with E-state index in [4.69, 9.17) is 15.2 Å². The number of nitrogens with two attached hydrogens (primary N) is 1. The van der Waals surface area contributed by atoms with Crippen molar-refractivity contribution in [2.75, 3.05) is 26.5 Å². The number of benzene rings is 1. The zero-order valence-corrected chi connectivity index (χ0v) is 11.8. The molecule has 0 aliphatic carbocycles. The van der Waals surface area contributed by atoms with Gasteiger partial charge in [0.1, 0.15) is 0 Å². The van der Waals surface area contributed by atoms with E-state index in [-0.39, 0.29) is 12.3 Å². The lowest BCUT2D eigenvalue weighted by molar-refractivity contribution is -0.120. The van der Waals surface area contributed by atoms with Crippen molar-refractivity contribution in [3.05, 3.63) is 17.7 Å². The molecule has 1 aromatic carbocycles. The first-order valence-corrected chi connectivity index (χ1v) is 6.39. The summed E-state index contributed by atoms with van der Waals surface area (Å²) in [5.74, 6) is 1.11. The van der Waals surface area contributed by atoms with Crippen LogP contribution in [0.2, 0.25) is 0 Å². The molecular weight excluding hydrogens is 244 g/mol. The lowest BCUT2D eigenvalue weighted by Gasteiger charge is -2.12. The number of carbonyl (C=O) groups is 1. The van der Waals surface area contributed by atoms with Gasteiger partial charge in [-0.25, -0.2) is 0 Å². The predicted molar refractivity (Wildman–Crippen MR) is 75.6 cm³/mol. The van der Waals surface area contributed by atoms with Gasteiger partial charge in [-0.05, 0) is 18.1 Å². The fourth-order valence-electron chi connectivity index (χ4n) is 1.73. The molecule has 0 unspecified atom stereocenters. The number of anilines is 1. The maximum atomic E-state index is 11.8. The highest BCUT2D eigenvalue weighted by Gasteiger charge is 2.12. The molecule has 19 heavy (non-hydrogen) atoms. The van der Waals surface area contributed by atoms with Crippen molar-refractivity contribution in [1.82, 2.24) is 5.32 Å². The van der Waals surface area contributed by atoms with Crippen LogP contribution >= 0.6 is 0 Å². The number of rotatable bonds is 7. The highest BCUT2D eigenvalue weighted by molar-refractivity contribution is 5.80. The van der Waals surface area contributed by atoms with Gasteiger partial charge in [0, 0.05) is 18.3 Å². The molecule has 1 amide bonds. The minimum atomic E-state index is -0.0348. The van der Waals surface area contributed by atoms with Gasteiger partial charge >= 0.3 is 0 Å². The van der Waals surface area contributed by atoms with E-state index in [1.165, 1.54) is 0 Å². The van der Waals surface area contributed by atoms with Gasteiger partial charge in [-0.3, -0.25) is 4.79 Å². The molecule has 3 N–H and O–H groups in total. The molecule has 0 heterocycles. The molecule has 1 rings (SSSR count). The number of amides is 1. The maximum Gasteiger partial charge on any atom is 0.224 e. The third-order valence-electron chi connectivity index (χ3n) is 2.85. The van der Waals surface area contributed by atoms with Crippen LogP contribution in [-0.2, 0) is 11.2 Å². The van der Waals surface area contributed by atoms with E-state index in [1.807, 2.05) is 0 Å². The van der Waals surface area contributed by atoms with Crippen LogP contribution in [0, 0.1) is 0 Å². The number of ether oxygens (including phenoxy) is 2. The summed E-state index contributed by atoms with van der Waals surface area (Å²) >= 11 is 0. The van der Waals surface area contributed by atoms with E-state index in [9.17, 15) is 4.79 Å². The molecule has 5 heteroatoms. The number of nitrogen functional groups attached to an aromatic ring is 1. The highest BCUT2D eigenvalue weighted by atomic mass is 16.5. The molecule has 0 saturated carbocycles. The first-order valence-electron chi connectivity index (χ1n) is 6.39. The Balaban J connectivity index is 2.75. The van der Waals surface area contributed by atoms with Crippen molar-refractivity contribution < 1.29 is 14.3 Å². The van der Waals surface area contributed by atoms with Gasteiger partial charge in [0.25, 0.3) is 0 Å². The van der Waals surface area contributed by atoms with Crippen molar-refractivity contribution in [2.24, 2.45) is 0 Å². The largest absolute Gasteiger partial charge is 0.493 e. The topological polar surface area (TPSA) is 73.6 Å². The van der Waals surface area contributed by atoms with Crippen molar-refractivity contribution in [1.29, 1.82) is 0 Å². The number of methoxy groups -OCH3 is 2. The number of hydrogen-bond acceptors (Lipinski definition) is 4. The Labute approximate surface area is 114 Å². The maximum absolute atomic E-state index is 11.8. The first-order chi connectivity index (χ1) is 9.12. The summed E-state index contributed by atoms with van der Waals surface area (Å²) in [4.78, 5) is 11.8. The molecule has 0 saturated heterocycles. The molecule has 0 aliphatic heterocycles. The minimum Gasteiger partial charge on any atom is -0.493 e. The van der Waals surface area contributed by atoms with Crippen molar-refractivity contribution in [2.45, 2.75) is 26.2 Å². The minimum absolute atomic E-state index is 0.0348. The lowest BCUT2D eigenvalue weighted by atomic mass is 10.1. The molecule has 5 nitrogen and oxygen atoms in total. The number of carbonyl (C=O) groups excluding carboxylic acids is 1. The highest BCUT2D eigenvalue weighted by Crippen LogP contribution is 2.32. The van der Waals surface area contributed by atoms with E-state index in [0.717, 1.165) is 18.4 Å². The second-order valence-electron chi connectivity index (χ2n) is 4.29. The number of hydrogen-bond donors (Lipinski definition) is 2. The van der Waals surface area contributed by atoms with Gasteiger partial charge in [0.05, 0.1) is 20.6 Å². The van der Waals surface area contributed by atoms with Crippen LogP contribution in [0.3, 0.4) is 0 Å². The monoisotopic (exact) mass is 266 g/mol. The smallest absolute Gasteiger partial charge is 0.224 e. The zero-order chi connectivity index (χ0) is 14.3. The van der Waals surface area contributed by atoms with Crippen LogP contribution < -0.4 is 20.5 Å². The summed E-state index contributed by atoms with van der Waals surface area (Å²) in [6.07, 6.45) is 2.28. The van der Waals surface area contributed by atoms with Crippen LogP contribution in [0.15, 0.2) is 12.1 Å². The van der Waals surface area contributed by atoms with Crippen LogP contribution in [0.25, 0.3) is 0 Å². The normalized spacial score (nSPS) is 10.1. The molecule has 0 aliphatic rings. The molecule has 0 spiro atoms. The third kappa shape index (κ3) is 4.35. The Morgan fingerprint density at radius 3 is 2.47 bits per heavy atom. The SMILES string of the molecule is CCCCNC(=O)Cc1cc(OC)c(OC)cc1N. The standard InChI is InChI=1S/C14H22N2O3/c1-4-5-6-16-14(17)8-10-7-12(18-2)13(19-3)9-11(10)15/h7,9H,4-6,8,15H2,1-3H3,(H,16,17). The average molecular weight is 266 g/mol. The summed E-state index contributed by atoms with van der Waals surface area (Å²) in [6.45, 7) is 2.78. The average Bonchev–Trinajstić information content (AvgIpc) is 2.40. The van der Waals surface area contributed by atoms with E-state index in [1.54, 1.807) is 26.4 Å². The molecule has 1 aromatic rings. The molecule has 0 radical (unpaired) electrons. The van der Waals surface area contributed by atoms with Gasteiger partial charge in [-0.1, -0.05) is 13.3 Å². The van der Waals surface area contributed by atoms with Crippen molar-refractivity contribution >= 4 is 11.6 Å². The number of unbranched alkanes of at least 4 members (excludes halogenated alkanes) is 1. The summed E-state index contributed by atoms with van der Waals surface area (Å²) in [5.41, 5.74) is 7.18. The zero-order valence-electron chi connectivity index (χ0n) is 11.8. The molecule has 0 fully saturated rings. The van der Waals surface area contributed by atoms with Gasteiger partial charge in [-0.15, -0.1) is 0 Å². The molecule has 0 bridgehead atoms.